The highest BCUT2D eigenvalue weighted by Crippen LogP contribution is 2.33. The third kappa shape index (κ3) is 3.61. The number of rotatable bonds is 2. The van der Waals surface area contributed by atoms with Crippen molar-refractivity contribution in [2.45, 2.75) is 12.2 Å². The Morgan fingerprint density at radius 3 is 2.31 bits per heavy atom. The third-order valence-electron chi connectivity index (χ3n) is 1.89. The second kappa shape index (κ2) is 5.84. The Morgan fingerprint density at radius 2 is 1.88 bits per heavy atom. The maximum Gasteiger partial charge on any atom is 0.416 e. The molecule has 1 nitrogen and oxygen atoms in total. The van der Waals surface area contributed by atoms with E-state index in [1.54, 1.807) is 0 Å². The highest BCUT2D eigenvalue weighted by atomic mass is 79.9. The molecule has 0 aliphatic heterocycles. The first-order valence-corrected chi connectivity index (χ1v) is 4.83. The van der Waals surface area contributed by atoms with Crippen molar-refractivity contribution in [2.24, 2.45) is 5.73 Å². The average Bonchev–Trinajstić information content (AvgIpc) is 2.15. The van der Waals surface area contributed by atoms with E-state index < -0.39 is 24.5 Å². The van der Waals surface area contributed by atoms with Crippen LogP contribution in [-0.4, -0.2) is 6.67 Å². The summed E-state index contributed by atoms with van der Waals surface area (Å²) in [6, 6.07) is 1.95. The number of alkyl halides is 4. The predicted molar refractivity (Wildman–Crippen MR) is 59.3 cm³/mol. The van der Waals surface area contributed by atoms with Gasteiger partial charge in [0.05, 0.1) is 11.6 Å². The SMILES string of the molecule is Cl.N[C@H](CF)c1cc(C(F)(F)F)ccc1Br. The lowest BCUT2D eigenvalue weighted by Gasteiger charge is -2.13. The van der Waals surface area contributed by atoms with Crippen LogP contribution in [0.1, 0.15) is 17.2 Å². The Kier molecular flexibility index (Phi) is 5.72. The molecule has 0 fully saturated rings. The van der Waals surface area contributed by atoms with Crippen molar-refractivity contribution < 1.29 is 17.6 Å². The first-order chi connectivity index (χ1) is 6.86. The molecule has 7 heteroatoms. The van der Waals surface area contributed by atoms with Gasteiger partial charge in [0.2, 0.25) is 0 Å². The molecule has 0 heterocycles. The van der Waals surface area contributed by atoms with Crippen LogP contribution >= 0.6 is 28.3 Å². The van der Waals surface area contributed by atoms with Crippen molar-refractivity contribution in [1.29, 1.82) is 0 Å². The molecule has 0 spiro atoms. The molecule has 0 unspecified atom stereocenters. The molecule has 0 saturated carbocycles. The minimum atomic E-state index is -4.44. The van der Waals surface area contributed by atoms with Crippen LogP contribution in [0.3, 0.4) is 0 Å². The molecule has 1 aromatic carbocycles. The second-order valence-corrected chi connectivity index (χ2v) is 3.85. The Hall–Kier alpha value is -0.330. The van der Waals surface area contributed by atoms with Crippen LogP contribution in [0.4, 0.5) is 17.6 Å². The highest BCUT2D eigenvalue weighted by molar-refractivity contribution is 9.10. The van der Waals surface area contributed by atoms with Gasteiger partial charge in [0, 0.05) is 4.47 Å². The first kappa shape index (κ1) is 15.7. The predicted octanol–water partition coefficient (Wildman–Crippen LogP) is 3.86. The molecule has 0 aromatic heterocycles. The van der Waals surface area contributed by atoms with Crippen molar-refractivity contribution in [3.05, 3.63) is 33.8 Å². The lowest BCUT2D eigenvalue weighted by molar-refractivity contribution is -0.137. The Balaban J connectivity index is 0.00000225. The first-order valence-electron chi connectivity index (χ1n) is 4.04. The van der Waals surface area contributed by atoms with Gasteiger partial charge in [-0.05, 0) is 23.8 Å². The van der Waals surface area contributed by atoms with Crippen LogP contribution in [0, 0.1) is 0 Å². The summed E-state index contributed by atoms with van der Waals surface area (Å²) in [5, 5.41) is 0. The van der Waals surface area contributed by atoms with E-state index in [-0.39, 0.29) is 18.0 Å². The molecule has 0 radical (unpaired) electrons. The van der Waals surface area contributed by atoms with Gasteiger partial charge in [-0.3, -0.25) is 0 Å². The summed E-state index contributed by atoms with van der Waals surface area (Å²) in [6.45, 7) is -0.903. The van der Waals surface area contributed by atoms with E-state index in [2.05, 4.69) is 15.9 Å². The van der Waals surface area contributed by atoms with Gasteiger partial charge in [-0.15, -0.1) is 12.4 Å². The van der Waals surface area contributed by atoms with E-state index in [1.165, 1.54) is 6.07 Å². The lowest BCUT2D eigenvalue weighted by Crippen LogP contribution is -2.14. The zero-order chi connectivity index (χ0) is 11.6. The summed E-state index contributed by atoms with van der Waals surface area (Å²) in [7, 11) is 0. The molecular formula is C9H9BrClF4N. The lowest BCUT2D eigenvalue weighted by atomic mass is 10.1. The van der Waals surface area contributed by atoms with E-state index in [0.29, 0.717) is 4.47 Å². The number of hydrogen-bond acceptors (Lipinski definition) is 1. The van der Waals surface area contributed by atoms with Gasteiger partial charge in [-0.1, -0.05) is 15.9 Å². The fourth-order valence-corrected chi connectivity index (χ4v) is 1.63. The number of hydrogen-bond donors (Lipinski definition) is 1. The molecule has 0 amide bonds. The van der Waals surface area contributed by atoms with Crippen molar-refractivity contribution in [3.8, 4) is 0 Å². The number of benzene rings is 1. The second-order valence-electron chi connectivity index (χ2n) is 2.99. The van der Waals surface area contributed by atoms with Crippen LogP contribution in [0.2, 0.25) is 0 Å². The van der Waals surface area contributed by atoms with E-state index >= 15 is 0 Å². The summed E-state index contributed by atoms with van der Waals surface area (Å²) < 4.78 is 49.6. The van der Waals surface area contributed by atoms with Crippen molar-refractivity contribution >= 4 is 28.3 Å². The van der Waals surface area contributed by atoms with Gasteiger partial charge < -0.3 is 5.73 Å². The standard InChI is InChI=1S/C9H8BrF4N.ClH/c10-7-2-1-5(9(12,13)14)3-6(7)8(15)4-11;/h1-3,8H,4,15H2;1H/t8-;/m1./s1. The molecule has 0 bridgehead atoms. The summed E-state index contributed by atoms with van der Waals surface area (Å²) in [5.41, 5.74) is 4.62. The van der Waals surface area contributed by atoms with Gasteiger partial charge in [0.15, 0.2) is 0 Å². The van der Waals surface area contributed by atoms with Gasteiger partial charge in [-0.2, -0.15) is 13.2 Å². The van der Waals surface area contributed by atoms with E-state index in [0.717, 1.165) is 12.1 Å². The third-order valence-corrected chi connectivity index (χ3v) is 2.61. The Bertz CT molecular complexity index is 356. The molecular weight excluding hydrogens is 313 g/mol. The fraction of sp³-hybridized carbons (Fsp3) is 0.333. The molecule has 0 saturated heterocycles. The molecule has 16 heavy (non-hydrogen) atoms. The van der Waals surface area contributed by atoms with Crippen molar-refractivity contribution in [1.82, 2.24) is 0 Å². The molecule has 0 aliphatic rings. The minimum absolute atomic E-state index is 0. The monoisotopic (exact) mass is 321 g/mol. The van der Waals surface area contributed by atoms with Crippen LogP contribution in [0.25, 0.3) is 0 Å². The zero-order valence-electron chi connectivity index (χ0n) is 7.89. The molecule has 0 aliphatic carbocycles. The molecule has 1 atom stereocenters. The van der Waals surface area contributed by atoms with Crippen LogP contribution in [0.15, 0.2) is 22.7 Å². The smallest absolute Gasteiger partial charge is 0.322 e. The normalized spacial score (nSPS) is 13.1. The largest absolute Gasteiger partial charge is 0.416 e. The maximum absolute atomic E-state index is 12.3. The zero-order valence-corrected chi connectivity index (χ0v) is 10.3. The van der Waals surface area contributed by atoms with E-state index in [1.807, 2.05) is 0 Å². The number of nitrogens with two attached hydrogens (primary N) is 1. The molecule has 1 aromatic rings. The Labute approximate surface area is 105 Å². The summed E-state index contributed by atoms with van der Waals surface area (Å²) in [6.07, 6.45) is -4.44. The van der Waals surface area contributed by atoms with Gasteiger partial charge in [0.1, 0.15) is 6.67 Å². The van der Waals surface area contributed by atoms with E-state index in [4.69, 9.17) is 5.73 Å². The van der Waals surface area contributed by atoms with E-state index in [9.17, 15) is 17.6 Å². The van der Waals surface area contributed by atoms with Gasteiger partial charge in [0.25, 0.3) is 0 Å². The topological polar surface area (TPSA) is 26.0 Å². The minimum Gasteiger partial charge on any atom is -0.322 e. The van der Waals surface area contributed by atoms with Crippen molar-refractivity contribution in [2.75, 3.05) is 6.67 Å². The van der Waals surface area contributed by atoms with Crippen LogP contribution < -0.4 is 5.73 Å². The highest BCUT2D eigenvalue weighted by Gasteiger charge is 2.31. The quantitative estimate of drug-likeness (QED) is 0.822. The Morgan fingerprint density at radius 1 is 1.31 bits per heavy atom. The maximum atomic E-state index is 12.3. The summed E-state index contributed by atoms with van der Waals surface area (Å²) in [5.74, 6) is 0. The summed E-state index contributed by atoms with van der Waals surface area (Å²) in [4.78, 5) is 0. The van der Waals surface area contributed by atoms with Gasteiger partial charge in [-0.25, -0.2) is 4.39 Å². The molecule has 92 valence electrons. The van der Waals surface area contributed by atoms with Gasteiger partial charge >= 0.3 is 6.18 Å². The van der Waals surface area contributed by atoms with Crippen LogP contribution in [-0.2, 0) is 6.18 Å². The van der Waals surface area contributed by atoms with Crippen LogP contribution in [0.5, 0.6) is 0 Å². The fourth-order valence-electron chi connectivity index (χ4n) is 1.09. The number of halogens is 6. The van der Waals surface area contributed by atoms with Crippen molar-refractivity contribution in [3.63, 3.8) is 0 Å². The molecule has 1 rings (SSSR count). The summed E-state index contributed by atoms with van der Waals surface area (Å²) >= 11 is 3.02. The molecule has 2 N–H and O–H groups in total. The average molecular weight is 323 g/mol.